The second kappa shape index (κ2) is 31.4. The van der Waals surface area contributed by atoms with Gasteiger partial charge in [-0.1, -0.05) is 0 Å². The van der Waals surface area contributed by atoms with Gasteiger partial charge < -0.3 is 61.7 Å². The first-order chi connectivity index (χ1) is 42.4. The summed E-state index contributed by atoms with van der Waals surface area (Å²) in [5.74, 6) is -7.28. The van der Waals surface area contributed by atoms with Crippen LogP contribution in [0.25, 0.3) is 0 Å². The SMILES string of the molecule is COc1cc(N)c(C)cc1F.COc1cc(N=C(N)N)c(C)cc1F.COc1cc(Nc2nc(=O)c(F)c3n2C(c2cc(F)cc(F)c2)CC3)c(C)cc1F.COc1cc(Nc2nc(CCC(O)c3cc(F)cc(F)c3)c(F)c(=O)[nH]2)c(C)cc1F.O=[N+]([O-])O. The fraction of sp³-hybridized carbons (Fsp3) is 0.237. The molecule has 90 heavy (non-hydrogen) atoms. The summed E-state index contributed by atoms with van der Waals surface area (Å²) in [5.41, 5.74) is 18.1. The lowest BCUT2D eigenvalue weighted by Gasteiger charge is -2.21. The van der Waals surface area contributed by atoms with Crippen LogP contribution in [0.15, 0.2) is 99.5 Å². The Hall–Kier alpha value is -10.6. The summed E-state index contributed by atoms with van der Waals surface area (Å²) in [7, 11) is 5.40. The number of H-pyrrole nitrogens is 1. The van der Waals surface area contributed by atoms with Crippen molar-refractivity contribution in [3.63, 3.8) is 0 Å². The highest BCUT2D eigenvalue weighted by molar-refractivity contribution is 5.79. The molecule has 2 atom stereocenters. The molecular formula is C59H59F10N11O10. The van der Waals surface area contributed by atoms with Crippen molar-refractivity contribution >= 4 is 40.6 Å². The van der Waals surface area contributed by atoms with Crippen LogP contribution in [-0.2, 0) is 12.8 Å². The molecule has 1 aliphatic heterocycles. The predicted octanol–water partition coefficient (Wildman–Crippen LogP) is 10.9. The van der Waals surface area contributed by atoms with Gasteiger partial charge in [-0.3, -0.25) is 14.6 Å². The summed E-state index contributed by atoms with van der Waals surface area (Å²) >= 11 is 0. The molecule has 2 aromatic heterocycles. The zero-order valence-electron chi connectivity index (χ0n) is 49.0. The minimum Gasteiger partial charge on any atom is -0.494 e. The van der Waals surface area contributed by atoms with Crippen LogP contribution in [0.4, 0.5) is 78.6 Å². The van der Waals surface area contributed by atoms with Gasteiger partial charge >= 0.3 is 5.56 Å². The number of nitrogens with one attached hydrogen (secondary N) is 3. The normalized spacial score (nSPS) is 12.1. The molecule has 0 bridgehead atoms. The Kier molecular flexibility index (Phi) is 24.4. The van der Waals surface area contributed by atoms with Crippen molar-refractivity contribution in [2.75, 3.05) is 44.8 Å². The lowest BCUT2D eigenvalue weighted by molar-refractivity contribution is -0.742. The zero-order chi connectivity index (χ0) is 67.0. The first-order valence-electron chi connectivity index (χ1n) is 26.2. The third kappa shape index (κ3) is 18.7. The van der Waals surface area contributed by atoms with Crippen LogP contribution in [0.1, 0.15) is 69.8 Å². The molecule has 6 aromatic carbocycles. The topological polar surface area (TPSA) is 316 Å². The van der Waals surface area contributed by atoms with Gasteiger partial charge in [0.15, 0.2) is 52.2 Å². The fourth-order valence-electron chi connectivity index (χ4n) is 8.65. The van der Waals surface area contributed by atoms with Crippen LogP contribution in [0.2, 0.25) is 0 Å². The number of rotatable bonds is 14. The Bertz CT molecular complexity index is 4020. The van der Waals surface area contributed by atoms with Gasteiger partial charge in [0, 0.05) is 53.5 Å². The van der Waals surface area contributed by atoms with Crippen molar-refractivity contribution in [3.8, 4) is 23.0 Å². The third-order valence-electron chi connectivity index (χ3n) is 13.0. The van der Waals surface area contributed by atoms with Crippen LogP contribution in [0.5, 0.6) is 23.0 Å². The van der Waals surface area contributed by atoms with Crippen LogP contribution in [0, 0.1) is 96.0 Å². The molecule has 21 nitrogen and oxygen atoms in total. The monoisotopic (exact) mass is 1270 g/mol. The Morgan fingerprint density at radius 2 is 1.13 bits per heavy atom. The van der Waals surface area contributed by atoms with E-state index in [1.807, 2.05) is 0 Å². The molecule has 480 valence electrons. The third-order valence-corrected chi connectivity index (χ3v) is 13.0. The molecule has 31 heteroatoms. The number of ether oxygens (including phenoxy) is 4. The average Bonchev–Trinajstić information content (AvgIpc) is 1.63. The summed E-state index contributed by atoms with van der Waals surface area (Å²) in [5, 5.41) is 29.5. The van der Waals surface area contributed by atoms with Crippen molar-refractivity contribution < 1.29 is 78.3 Å². The number of benzene rings is 6. The number of anilines is 5. The predicted molar refractivity (Wildman–Crippen MR) is 312 cm³/mol. The number of aromatic nitrogens is 4. The number of aliphatic hydroxyl groups excluding tert-OH is 1. The molecule has 0 radical (unpaired) electrons. The minimum atomic E-state index is -1.50. The molecule has 0 fully saturated rings. The van der Waals surface area contributed by atoms with Crippen LogP contribution in [0.3, 0.4) is 0 Å². The first-order valence-corrected chi connectivity index (χ1v) is 26.2. The summed E-state index contributed by atoms with van der Waals surface area (Å²) in [6.45, 7) is 6.71. The molecule has 0 aliphatic carbocycles. The van der Waals surface area contributed by atoms with Crippen molar-refractivity contribution in [1.82, 2.24) is 19.5 Å². The molecule has 9 rings (SSSR count). The maximum Gasteiger partial charge on any atom is 0.310 e. The number of nitrogens with two attached hydrogens (primary N) is 3. The second-order valence-corrected chi connectivity index (χ2v) is 19.3. The Morgan fingerprint density at radius 3 is 1.63 bits per heavy atom. The quantitative estimate of drug-likeness (QED) is 0.0125. The van der Waals surface area contributed by atoms with E-state index in [0.29, 0.717) is 51.9 Å². The molecule has 0 amide bonds. The average molecular weight is 1270 g/mol. The van der Waals surface area contributed by atoms with Crippen LogP contribution >= 0.6 is 0 Å². The summed E-state index contributed by atoms with van der Waals surface area (Å²) in [6, 6.07) is 15.8. The van der Waals surface area contributed by atoms with E-state index < -0.39 is 80.7 Å². The number of aliphatic hydroxyl groups is 1. The van der Waals surface area contributed by atoms with Gasteiger partial charge in [0.1, 0.15) is 23.3 Å². The highest BCUT2D eigenvalue weighted by Gasteiger charge is 2.31. The Morgan fingerprint density at radius 1 is 0.678 bits per heavy atom. The molecule has 0 saturated carbocycles. The lowest BCUT2D eigenvalue weighted by atomic mass is 10.0. The number of fused-ring (bicyclic) bond motifs is 1. The summed E-state index contributed by atoms with van der Waals surface area (Å²) < 4.78 is 157. The first kappa shape index (κ1) is 70.2. The van der Waals surface area contributed by atoms with Crippen molar-refractivity contribution in [1.29, 1.82) is 0 Å². The van der Waals surface area contributed by atoms with Gasteiger partial charge in [-0.25, -0.2) is 45.1 Å². The smallest absolute Gasteiger partial charge is 0.310 e. The number of hydrogen-bond donors (Lipinski definition) is 8. The molecule has 0 spiro atoms. The molecular weight excluding hydrogens is 1210 g/mol. The number of nitrogens with zero attached hydrogens (tertiary/aromatic N) is 5. The number of halogens is 10. The maximum absolute atomic E-state index is 14.5. The molecule has 3 heterocycles. The Labute approximate surface area is 505 Å². The number of nitrogen functional groups attached to an aromatic ring is 1. The lowest BCUT2D eigenvalue weighted by Crippen LogP contribution is -2.23. The molecule has 8 aromatic rings. The van der Waals surface area contributed by atoms with E-state index in [4.69, 9.17) is 51.5 Å². The van der Waals surface area contributed by atoms with Gasteiger partial charge in [0.2, 0.25) is 23.5 Å². The summed E-state index contributed by atoms with van der Waals surface area (Å²) in [6.07, 6.45) is -1.11. The van der Waals surface area contributed by atoms with Crippen molar-refractivity contribution in [2.24, 2.45) is 16.5 Å². The summed E-state index contributed by atoms with van der Waals surface area (Å²) in [4.78, 5) is 46.2. The van der Waals surface area contributed by atoms with E-state index in [9.17, 15) is 58.6 Å². The fourth-order valence-corrected chi connectivity index (χ4v) is 8.65. The van der Waals surface area contributed by atoms with Crippen molar-refractivity contribution in [2.45, 2.75) is 65.5 Å². The van der Waals surface area contributed by atoms with E-state index >= 15 is 0 Å². The molecule has 11 N–H and O–H groups in total. The van der Waals surface area contributed by atoms with Gasteiger partial charge in [-0.05, 0) is 135 Å². The Balaban J connectivity index is 0.000000230. The van der Waals surface area contributed by atoms with E-state index in [1.54, 1.807) is 27.7 Å². The number of hydrogen-bond acceptors (Lipinski definition) is 15. The van der Waals surface area contributed by atoms with Crippen LogP contribution < -0.4 is 57.9 Å². The highest BCUT2D eigenvalue weighted by Crippen LogP contribution is 2.38. The van der Waals surface area contributed by atoms with E-state index in [1.165, 1.54) is 81.5 Å². The number of guanidine groups is 1. The molecule has 1 aliphatic rings. The standard InChI is InChI=1S/C21H19F4N3O3.C21H17F4N3O2.C9H12FN3O.C8H10FNO.HNO3/c1-10-5-14(24)18(31-2)9-16(10)27-21-26-15(19(25)20(30)28-21)3-4-17(29)11-6-12(22)8-13(23)7-11;1-10-5-14(24)18(30-2)9-15(10)26-21-27-20(29)19(25)17-4-3-16(28(17)21)11-6-12(22)8-13(23)7-11;1-5-3-6(10)8(14-2)4-7(5)13-9(11)12;1-5-3-6(9)8(11-2)4-7(5)10;2-1(3)4/h5-9,17,29H,3-4H2,1-2H3,(H2,26,27,28,30);5-9,16H,3-4H2,1-2H3,(H,26,27,29);3-4H,1-2H3,(H4,11,12,13);3-4H,10H2,1-2H3;(H,2,3,4). The van der Waals surface area contributed by atoms with E-state index in [2.05, 4.69) is 30.6 Å². The van der Waals surface area contributed by atoms with Gasteiger partial charge in [0.05, 0.1) is 57.7 Å². The van der Waals surface area contributed by atoms with Crippen molar-refractivity contribution in [3.05, 3.63) is 219 Å². The number of methoxy groups -OCH3 is 4. The number of aliphatic imine (C=N–C) groups is 1. The zero-order valence-corrected chi connectivity index (χ0v) is 49.0. The molecule has 2 unspecified atom stereocenters. The van der Waals surface area contributed by atoms with E-state index in [-0.39, 0.29) is 88.4 Å². The largest absolute Gasteiger partial charge is 0.494 e. The second-order valence-electron chi connectivity index (χ2n) is 19.3. The maximum atomic E-state index is 14.5. The molecule has 0 saturated heterocycles. The highest BCUT2D eigenvalue weighted by atomic mass is 19.2. The number of aryl methyl sites for hydroxylation is 5. The number of aromatic amines is 1. The van der Waals surface area contributed by atoms with E-state index in [0.717, 1.165) is 35.9 Å². The van der Waals surface area contributed by atoms with Gasteiger partial charge in [-0.15, -0.1) is 10.1 Å². The van der Waals surface area contributed by atoms with Crippen LogP contribution in [-0.4, -0.2) is 69.3 Å². The van der Waals surface area contributed by atoms with Gasteiger partial charge in [-0.2, -0.15) is 13.8 Å². The minimum absolute atomic E-state index is 0.0136. The van der Waals surface area contributed by atoms with Gasteiger partial charge in [0.25, 0.3) is 10.6 Å².